The van der Waals surface area contributed by atoms with Crippen LogP contribution in [0.25, 0.3) is 6.08 Å². The molecule has 0 amide bonds. The summed E-state index contributed by atoms with van der Waals surface area (Å²) in [4.78, 5) is 0. The molecule has 0 saturated heterocycles. The molecule has 1 aromatic heterocycles. The number of aromatic nitrogens is 3. The van der Waals surface area contributed by atoms with Crippen LogP contribution < -0.4 is 10.1 Å². The Labute approximate surface area is 146 Å². The summed E-state index contributed by atoms with van der Waals surface area (Å²) in [6.45, 7) is 5.52. The number of hydrogen-bond donors (Lipinski definition) is 1. The van der Waals surface area contributed by atoms with Crippen LogP contribution >= 0.6 is 11.6 Å². The first-order valence-electron chi connectivity index (χ1n) is 8.40. The van der Waals surface area contributed by atoms with E-state index < -0.39 is 0 Å². The summed E-state index contributed by atoms with van der Waals surface area (Å²) >= 11 is 6.06. The van der Waals surface area contributed by atoms with E-state index >= 15 is 0 Å². The third-order valence-electron chi connectivity index (χ3n) is 4.76. The summed E-state index contributed by atoms with van der Waals surface area (Å²) < 4.78 is 8.04. The van der Waals surface area contributed by atoms with Crippen molar-refractivity contribution >= 4 is 17.7 Å². The second-order valence-corrected chi connectivity index (χ2v) is 7.02. The van der Waals surface area contributed by atoms with Crippen molar-refractivity contribution < 1.29 is 4.74 Å². The van der Waals surface area contributed by atoms with Crippen molar-refractivity contribution in [2.45, 2.75) is 26.3 Å². The van der Waals surface area contributed by atoms with Crippen LogP contribution in [0.4, 0.5) is 0 Å². The van der Waals surface area contributed by atoms with E-state index in [0.717, 1.165) is 54.0 Å². The van der Waals surface area contributed by atoms with E-state index in [4.69, 9.17) is 16.3 Å². The molecule has 0 spiro atoms. The summed E-state index contributed by atoms with van der Waals surface area (Å²) in [5.74, 6) is 3.68. The first kappa shape index (κ1) is 15.7. The van der Waals surface area contributed by atoms with Crippen LogP contribution in [0, 0.1) is 12.8 Å². The molecule has 24 heavy (non-hydrogen) atoms. The van der Waals surface area contributed by atoms with Crippen LogP contribution in [-0.2, 0) is 13.0 Å². The Hall–Kier alpha value is -1.85. The monoisotopic (exact) mass is 344 g/mol. The van der Waals surface area contributed by atoms with Crippen molar-refractivity contribution in [2.75, 3.05) is 19.7 Å². The number of halogens is 1. The van der Waals surface area contributed by atoms with Gasteiger partial charge in [-0.2, -0.15) is 0 Å². The molecule has 126 valence electrons. The lowest BCUT2D eigenvalue weighted by Gasteiger charge is -2.25. The van der Waals surface area contributed by atoms with E-state index in [1.807, 2.05) is 25.1 Å². The maximum atomic E-state index is 6.06. The van der Waals surface area contributed by atoms with Crippen LogP contribution in [0.2, 0.25) is 5.02 Å². The maximum Gasteiger partial charge on any atom is 0.133 e. The van der Waals surface area contributed by atoms with Crippen molar-refractivity contribution in [1.82, 2.24) is 20.1 Å². The highest BCUT2D eigenvalue weighted by Gasteiger charge is 2.21. The van der Waals surface area contributed by atoms with Gasteiger partial charge >= 0.3 is 0 Å². The molecular weight excluding hydrogens is 324 g/mol. The molecule has 2 aromatic rings. The number of fused-ring (bicyclic) bond motifs is 2. The molecule has 1 atom stereocenters. The van der Waals surface area contributed by atoms with Crippen molar-refractivity contribution in [3.63, 3.8) is 0 Å². The van der Waals surface area contributed by atoms with Gasteiger partial charge in [-0.05, 0) is 55.7 Å². The highest BCUT2D eigenvalue weighted by Crippen LogP contribution is 2.28. The minimum atomic E-state index is 0.624. The lowest BCUT2D eigenvalue weighted by atomic mass is 9.99. The van der Waals surface area contributed by atoms with Crippen molar-refractivity contribution in [1.29, 1.82) is 0 Å². The summed E-state index contributed by atoms with van der Waals surface area (Å²) in [5, 5.41) is 12.7. The van der Waals surface area contributed by atoms with Crippen LogP contribution in [0.3, 0.4) is 0 Å². The second kappa shape index (κ2) is 6.57. The largest absolute Gasteiger partial charge is 0.489 e. The molecule has 0 saturated carbocycles. The van der Waals surface area contributed by atoms with Gasteiger partial charge in [0.25, 0.3) is 0 Å². The normalized spacial score (nSPS) is 19.2. The molecule has 2 aliphatic rings. The number of rotatable bonds is 4. The Balaban J connectivity index is 1.33. The Kier molecular flexibility index (Phi) is 4.29. The van der Waals surface area contributed by atoms with Gasteiger partial charge < -0.3 is 14.6 Å². The molecule has 1 aromatic carbocycles. The molecular formula is C18H21ClN4O. The number of benzene rings is 1. The van der Waals surface area contributed by atoms with Gasteiger partial charge in [0.1, 0.15) is 24.0 Å². The van der Waals surface area contributed by atoms with E-state index in [-0.39, 0.29) is 0 Å². The van der Waals surface area contributed by atoms with Crippen LogP contribution in [0.15, 0.2) is 23.8 Å². The average Bonchev–Trinajstić information content (AvgIpc) is 2.95. The smallest absolute Gasteiger partial charge is 0.133 e. The first-order chi connectivity index (χ1) is 11.7. The highest BCUT2D eigenvalue weighted by atomic mass is 35.5. The van der Waals surface area contributed by atoms with E-state index in [9.17, 15) is 0 Å². The fraction of sp³-hybridized carbons (Fsp3) is 0.444. The molecule has 4 rings (SSSR count). The van der Waals surface area contributed by atoms with Crippen molar-refractivity contribution in [3.05, 3.63) is 46.0 Å². The third-order valence-corrected chi connectivity index (χ3v) is 4.99. The molecule has 3 heterocycles. The third kappa shape index (κ3) is 3.19. The summed E-state index contributed by atoms with van der Waals surface area (Å²) in [6.07, 6.45) is 4.37. The van der Waals surface area contributed by atoms with Gasteiger partial charge in [0.05, 0.1) is 0 Å². The molecule has 0 aliphatic carbocycles. The van der Waals surface area contributed by atoms with Gasteiger partial charge in [-0.1, -0.05) is 11.6 Å². The highest BCUT2D eigenvalue weighted by molar-refractivity contribution is 6.30. The van der Waals surface area contributed by atoms with Gasteiger partial charge in [0.15, 0.2) is 0 Å². The van der Waals surface area contributed by atoms with Gasteiger partial charge in [-0.25, -0.2) is 0 Å². The van der Waals surface area contributed by atoms with E-state index in [2.05, 4.69) is 26.2 Å². The minimum Gasteiger partial charge on any atom is -0.489 e. The average molecular weight is 345 g/mol. The molecule has 0 fully saturated rings. The van der Waals surface area contributed by atoms with Gasteiger partial charge in [0.2, 0.25) is 0 Å². The Morgan fingerprint density at radius 1 is 1.38 bits per heavy atom. The molecule has 0 radical (unpaired) electrons. The molecule has 5 nitrogen and oxygen atoms in total. The van der Waals surface area contributed by atoms with Gasteiger partial charge in [-0.3, -0.25) is 0 Å². The first-order valence-corrected chi connectivity index (χ1v) is 8.78. The van der Waals surface area contributed by atoms with E-state index in [1.165, 1.54) is 12.0 Å². The molecule has 1 unspecified atom stereocenters. The van der Waals surface area contributed by atoms with E-state index in [1.54, 1.807) is 0 Å². The van der Waals surface area contributed by atoms with Crippen LogP contribution in [0.5, 0.6) is 5.75 Å². The lowest BCUT2D eigenvalue weighted by molar-refractivity contribution is 0.330. The number of ether oxygens (including phenoxy) is 1. The van der Waals surface area contributed by atoms with Crippen LogP contribution in [0.1, 0.15) is 23.6 Å². The number of nitrogens with zero attached hydrogens (tertiary/aromatic N) is 3. The van der Waals surface area contributed by atoms with Crippen LogP contribution in [-0.4, -0.2) is 34.5 Å². The Morgan fingerprint density at radius 2 is 2.29 bits per heavy atom. The zero-order valence-electron chi connectivity index (χ0n) is 13.8. The lowest BCUT2D eigenvalue weighted by Crippen LogP contribution is -2.32. The quantitative estimate of drug-likeness (QED) is 0.926. The van der Waals surface area contributed by atoms with Gasteiger partial charge in [0, 0.05) is 30.1 Å². The second-order valence-electron chi connectivity index (χ2n) is 6.58. The Bertz CT molecular complexity index is 783. The summed E-state index contributed by atoms with van der Waals surface area (Å²) in [7, 11) is 0. The topological polar surface area (TPSA) is 52.0 Å². The fourth-order valence-electron chi connectivity index (χ4n) is 3.43. The zero-order valence-corrected chi connectivity index (χ0v) is 14.5. The summed E-state index contributed by atoms with van der Waals surface area (Å²) in [6, 6.07) is 5.74. The maximum absolute atomic E-state index is 6.06. The van der Waals surface area contributed by atoms with Gasteiger partial charge in [-0.15, -0.1) is 10.2 Å². The molecule has 2 aliphatic heterocycles. The standard InChI is InChI=1S/C18H21ClN4O/c1-12-21-22-18-5-2-13(10-23(12)18)8-20-9-14-6-15-7-16(19)3-4-17(15)24-11-14/h3-4,6-7,13,20H,2,5,8-11H2,1H3. The zero-order chi connectivity index (χ0) is 16.5. The predicted octanol–water partition coefficient (Wildman–Crippen LogP) is 2.87. The van der Waals surface area contributed by atoms with E-state index in [0.29, 0.717) is 12.5 Å². The van der Waals surface area contributed by atoms with Crippen molar-refractivity contribution in [3.8, 4) is 5.75 Å². The molecule has 6 heteroatoms. The molecule has 0 bridgehead atoms. The number of nitrogens with one attached hydrogen (secondary N) is 1. The minimum absolute atomic E-state index is 0.624. The Morgan fingerprint density at radius 3 is 3.21 bits per heavy atom. The van der Waals surface area contributed by atoms with Crippen molar-refractivity contribution in [2.24, 2.45) is 5.92 Å². The number of hydrogen-bond acceptors (Lipinski definition) is 4. The summed E-state index contributed by atoms with van der Waals surface area (Å²) in [5.41, 5.74) is 2.31. The predicted molar refractivity (Wildman–Crippen MR) is 94.4 cm³/mol. The SMILES string of the molecule is Cc1nnc2n1CC(CNCC1=Cc3cc(Cl)ccc3OC1)CC2. The fourth-order valence-corrected chi connectivity index (χ4v) is 3.61. The molecule has 1 N–H and O–H groups in total. The number of aryl methyl sites for hydroxylation is 2.